The van der Waals surface area contributed by atoms with Crippen LogP contribution < -0.4 is 5.32 Å². The molecule has 0 spiro atoms. The molecule has 1 aromatic heterocycles. The molecule has 1 N–H and O–H groups in total. The normalized spacial score (nSPS) is 14.4. The monoisotopic (exact) mass is 247 g/mol. The van der Waals surface area contributed by atoms with Gasteiger partial charge in [-0.05, 0) is 43.7 Å². The summed E-state index contributed by atoms with van der Waals surface area (Å²) in [5, 5.41) is 3.47. The smallest absolute Gasteiger partial charge is 0.123 e. The van der Waals surface area contributed by atoms with Crippen molar-refractivity contribution in [2.45, 2.75) is 32.4 Å². The Labute approximate surface area is 107 Å². The van der Waals surface area contributed by atoms with Crippen molar-refractivity contribution in [1.29, 1.82) is 0 Å². The Morgan fingerprint density at radius 2 is 1.89 bits per heavy atom. The Balaban J connectivity index is 1.90. The van der Waals surface area contributed by atoms with E-state index in [1.54, 1.807) is 6.26 Å². The predicted molar refractivity (Wildman–Crippen MR) is 69.8 cm³/mol. The molecule has 0 amide bonds. The minimum Gasteiger partial charge on any atom is -0.469 e. The SMILES string of the molecule is CC(Cc1ccco1)N[C@H](C)c1ccc(F)cc1. The first-order valence-corrected chi connectivity index (χ1v) is 6.19. The highest BCUT2D eigenvalue weighted by molar-refractivity contribution is 5.19. The molecule has 0 aliphatic heterocycles. The Bertz CT molecular complexity index is 464. The lowest BCUT2D eigenvalue weighted by molar-refractivity contribution is 0.429. The van der Waals surface area contributed by atoms with Gasteiger partial charge in [0, 0.05) is 18.5 Å². The molecule has 2 nitrogen and oxygen atoms in total. The highest BCUT2D eigenvalue weighted by Gasteiger charge is 2.11. The van der Waals surface area contributed by atoms with Gasteiger partial charge in [0.1, 0.15) is 11.6 Å². The summed E-state index contributed by atoms with van der Waals surface area (Å²) in [4.78, 5) is 0. The fourth-order valence-corrected chi connectivity index (χ4v) is 2.06. The van der Waals surface area contributed by atoms with Crippen LogP contribution in [0.15, 0.2) is 47.1 Å². The van der Waals surface area contributed by atoms with E-state index in [2.05, 4.69) is 19.2 Å². The second-order valence-corrected chi connectivity index (χ2v) is 4.62. The lowest BCUT2D eigenvalue weighted by Gasteiger charge is -2.19. The zero-order valence-electron chi connectivity index (χ0n) is 10.7. The standard InChI is InChI=1S/C15H18FNO/c1-11(10-15-4-3-9-18-15)17-12(2)13-5-7-14(16)8-6-13/h3-9,11-12,17H,10H2,1-2H3/t11?,12-/m1/s1. The van der Waals surface area contributed by atoms with E-state index in [1.807, 2.05) is 24.3 Å². The molecule has 1 aromatic carbocycles. The van der Waals surface area contributed by atoms with Crippen LogP contribution in [0.5, 0.6) is 0 Å². The van der Waals surface area contributed by atoms with E-state index in [9.17, 15) is 4.39 Å². The van der Waals surface area contributed by atoms with Gasteiger partial charge < -0.3 is 9.73 Å². The van der Waals surface area contributed by atoms with Gasteiger partial charge in [0.05, 0.1) is 6.26 Å². The molecule has 3 heteroatoms. The van der Waals surface area contributed by atoms with Crippen molar-refractivity contribution in [2.24, 2.45) is 0 Å². The second kappa shape index (κ2) is 5.83. The zero-order valence-corrected chi connectivity index (χ0v) is 10.7. The number of hydrogen-bond donors (Lipinski definition) is 1. The van der Waals surface area contributed by atoms with Gasteiger partial charge >= 0.3 is 0 Å². The third-order valence-electron chi connectivity index (χ3n) is 2.99. The first-order valence-electron chi connectivity index (χ1n) is 6.19. The number of rotatable bonds is 5. The summed E-state index contributed by atoms with van der Waals surface area (Å²) in [5.74, 6) is 0.774. The van der Waals surface area contributed by atoms with E-state index in [4.69, 9.17) is 4.42 Å². The second-order valence-electron chi connectivity index (χ2n) is 4.62. The molecular weight excluding hydrogens is 229 g/mol. The summed E-state index contributed by atoms with van der Waals surface area (Å²) in [7, 11) is 0. The maximum atomic E-state index is 12.8. The van der Waals surface area contributed by atoms with E-state index in [1.165, 1.54) is 12.1 Å². The van der Waals surface area contributed by atoms with Crippen molar-refractivity contribution < 1.29 is 8.81 Å². The van der Waals surface area contributed by atoms with Crippen molar-refractivity contribution >= 4 is 0 Å². The molecule has 2 rings (SSSR count). The largest absolute Gasteiger partial charge is 0.469 e. The van der Waals surface area contributed by atoms with E-state index < -0.39 is 0 Å². The summed E-state index contributed by atoms with van der Waals surface area (Å²) in [6.45, 7) is 4.19. The van der Waals surface area contributed by atoms with Crippen LogP contribution in [-0.4, -0.2) is 6.04 Å². The molecule has 96 valence electrons. The highest BCUT2D eigenvalue weighted by atomic mass is 19.1. The van der Waals surface area contributed by atoms with E-state index >= 15 is 0 Å². The molecule has 0 aliphatic rings. The van der Waals surface area contributed by atoms with Crippen LogP contribution in [0.4, 0.5) is 4.39 Å². The van der Waals surface area contributed by atoms with Crippen molar-refractivity contribution in [1.82, 2.24) is 5.32 Å². The summed E-state index contributed by atoms with van der Waals surface area (Å²) in [6, 6.07) is 11.0. The zero-order chi connectivity index (χ0) is 13.0. The predicted octanol–water partition coefficient (Wildman–Crippen LogP) is 3.70. The fourth-order valence-electron chi connectivity index (χ4n) is 2.06. The van der Waals surface area contributed by atoms with Crippen molar-refractivity contribution in [2.75, 3.05) is 0 Å². The lowest BCUT2D eigenvalue weighted by Crippen LogP contribution is -2.30. The number of nitrogens with one attached hydrogen (secondary N) is 1. The molecule has 0 saturated carbocycles. The molecule has 2 atom stereocenters. The molecule has 1 heterocycles. The topological polar surface area (TPSA) is 25.2 Å². The van der Waals surface area contributed by atoms with Crippen molar-refractivity contribution in [3.8, 4) is 0 Å². The van der Waals surface area contributed by atoms with Crippen LogP contribution in [0.1, 0.15) is 31.2 Å². The van der Waals surface area contributed by atoms with Crippen LogP contribution in [0.3, 0.4) is 0 Å². The van der Waals surface area contributed by atoms with E-state index in [0.29, 0.717) is 6.04 Å². The Morgan fingerprint density at radius 3 is 2.50 bits per heavy atom. The van der Waals surface area contributed by atoms with Gasteiger partial charge in [-0.1, -0.05) is 12.1 Å². The van der Waals surface area contributed by atoms with E-state index in [-0.39, 0.29) is 11.9 Å². The first kappa shape index (κ1) is 12.8. The molecule has 0 radical (unpaired) electrons. The first-order chi connectivity index (χ1) is 8.65. The quantitative estimate of drug-likeness (QED) is 0.871. The van der Waals surface area contributed by atoms with Gasteiger partial charge in [-0.2, -0.15) is 0 Å². The summed E-state index contributed by atoms with van der Waals surface area (Å²) >= 11 is 0. The lowest BCUT2D eigenvalue weighted by atomic mass is 10.1. The molecular formula is C15H18FNO. The van der Waals surface area contributed by atoms with Crippen LogP contribution >= 0.6 is 0 Å². The number of hydrogen-bond acceptors (Lipinski definition) is 2. The maximum Gasteiger partial charge on any atom is 0.123 e. The Hall–Kier alpha value is -1.61. The Morgan fingerprint density at radius 1 is 1.17 bits per heavy atom. The average Bonchev–Trinajstić information content (AvgIpc) is 2.82. The third-order valence-corrected chi connectivity index (χ3v) is 2.99. The molecule has 2 aromatic rings. The maximum absolute atomic E-state index is 12.8. The van der Waals surface area contributed by atoms with Crippen LogP contribution in [0.25, 0.3) is 0 Å². The minimum absolute atomic E-state index is 0.190. The molecule has 0 fully saturated rings. The Kier molecular flexibility index (Phi) is 4.15. The van der Waals surface area contributed by atoms with E-state index in [0.717, 1.165) is 17.7 Å². The summed E-state index contributed by atoms with van der Waals surface area (Å²) in [6.07, 6.45) is 2.53. The van der Waals surface area contributed by atoms with Gasteiger partial charge in [0.2, 0.25) is 0 Å². The molecule has 0 aliphatic carbocycles. The molecule has 0 bridgehead atoms. The highest BCUT2D eigenvalue weighted by Crippen LogP contribution is 2.14. The van der Waals surface area contributed by atoms with Crippen LogP contribution in [-0.2, 0) is 6.42 Å². The molecule has 18 heavy (non-hydrogen) atoms. The number of benzene rings is 1. The van der Waals surface area contributed by atoms with Gasteiger partial charge in [0.15, 0.2) is 0 Å². The van der Waals surface area contributed by atoms with Crippen LogP contribution in [0, 0.1) is 5.82 Å². The minimum atomic E-state index is -0.199. The summed E-state index contributed by atoms with van der Waals surface area (Å²) < 4.78 is 18.1. The van der Waals surface area contributed by atoms with Gasteiger partial charge in [-0.15, -0.1) is 0 Å². The summed E-state index contributed by atoms with van der Waals surface area (Å²) in [5.41, 5.74) is 1.09. The molecule has 1 unspecified atom stereocenters. The fraction of sp³-hybridized carbons (Fsp3) is 0.333. The number of furan rings is 1. The van der Waals surface area contributed by atoms with Crippen LogP contribution in [0.2, 0.25) is 0 Å². The van der Waals surface area contributed by atoms with Gasteiger partial charge in [-0.3, -0.25) is 0 Å². The third kappa shape index (κ3) is 3.44. The van der Waals surface area contributed by atoms with Crippen molar-refractivity contribution in [3.63, 3.8) is 0 Å². The molecule has 0 saturated heterocycles. The van der Waals surface area contributed by atoms with Gasteiger partial charge in [0.25, 0.3) is 0 Å². The average molecular weight is 247 g/mol. The van der Waals surface area contributed by atoms with Gasteiger partial charge in [-0.25, -0.2) is 4.39 Å². The van der Waals surface area contributed by atoms with Crippen molar-refractivity contribution in [3.05, 3.63) is 59.8 Å². The number of halogens is 1.